The Morgan fingerprint density at radius 1 is 1.05 bits per heavy atom. The lowest BCUT2D eigenvalue weighted by Gasteiger charge is -2.06. The predicted octanol–water partition coefficient (Wildman–Crippen LogP) is 2.91. The molecule has 0 spiro atoms. The maximum Gasteiger partial charge on any atom is 0.196 e. The fourth-order valence-electron chi connectivity index (χ4n) is 1.84. The number of benzene rings is 2. The molecule has 0 aliphatic carbocycles. The summed E-state index contributed by atoms with van der Waals surface area (Å²) in [5.74, 6) is -3.08. The monoisotopic (exact) mass is 310 g/mol. The molecule has 0 aliphatic heterocycles. The molecule has 0 atom stereocenters. The third kappa shape index (κ3) is 3.00. The Hall–Kier alpha value is -2.08. The number of aryl methyl sites for hydroxylation is 1. The van der Waals surface area contributed by atoms with Crippen LogP contribution in [0.2, 0.25) is 0 Å². The molecule has 0 fully saturated rings. The molecule has 0 heterocycles. The van der Waals surface area contributed by atoms with Gasteiger partial charge in [-0.1, -0.05) is 18.2 Å². The summed E-state index contributed by atoms with van der Waals surface area (Å²) in [6.07, 6.45) is 1.00. The Balaban J connectivity index is 2.54. The summed E-state index contributed by atoms with van der Waals surface area (Å²) < 4.78 is 50.3. The van der Waals surface area contributed by atoms with Crippen molar-refractivity contribution in [3.63, 3.8) is 0 Å². The highest BCUT2D eigenvalue weighted by molar-refractivity contribution is 7.90. The zero-order valence-electron chi connectivity index (χ0n) is 11.4. The average molecular weight is 310 g/mol. The van der Waals surface area contributed by atoms with Crippen molar-refractivity contribution in [2.45, 2.75) is 11.8 Å². The van der Waals surface area contributed by atoms with Crippen LogP contribution in [0.4, 0.5) is 8.78 Å². The van der Waals surface area contributed by atoms with Crippen molar-refractivity contribution in [1.29, 1.82) is 0 Å². The smallest absolute Gasteiger partial charge is 0.196 e. The first kappa shape index (κ1) is 15.3. The van der Waals surface area contributed by atoms with E-state index in [9.17, 15) is 22.0 Å². The Morgan fingerprint density at radius 2 is 1.71 bits per heavy atom. The minimum atomic E-state index is -3.49. The van der Waals surface area contributed by atoms with Crippen LogP contribution in [0.3, 0.4) is 0 Å². The molecule has 2 aromatic rings. The molecule has 6 heteroatoms. The lowest BCUT2D eigenvalue weighted by atomic mass is 10.0. The van der Waals surface area contributed by atoms with Crippen LogP contribution in [0.15, 0.2) is 41.3 Å². The van der Waals surface area contributed by atoms with Gasteiger partial charge in [0.1, 0.15) is 0 Å². The van der Waals surface area contributed by atoms with E-state index >= 15 is 0 Å². The number of hydrogen-bond acceptors (Lipinski definition) is 3. The second-order valence-corrected chi connectivity index (χ2v) is 6.70. The molecule has 2 aromatic carbocycles. The van der Waals surface area contributed by atoms with Crippen molar-refractivity contribution >= 4 is 15.6 Å². The van der Waals surface area contributed by atoms with Gasteiger partial charge >= 0.3 is 0 Å². The van der Waals surface area contributed by atoms with Crippen LogP contribution in [0.25, 0.3) is 0 Å². The van der Waals surface area contributed by atoms with Crippen LogP contribution >= 0.6 is 0 Å². The standard InChI is InChI=1S/C15H12F2O3S/c1-9-6-7-12(14(17)13(9)16)15(18)10-4-3-5-11(8-10)21(2,19)20/h3-8H,1-2H3. The summed E-state index contributed by atoms with van der Waals surface area (Å²) in [6.45, 7) is 1.39. The molecule has 0 radical (unpaired) electrons. The normalized spacial score (nSPS) is 11.4. The molecular weight excluding hydrogens is 298 g/mol. The number of hydrogen-bond donors (Lipinski definition) is 0. The fourth-order valence-corrected chi connectivity index (χ4v) is 2.51. The lowest BCUT2D eigenvalue weighted by Crippen LogP contribution is -2.08. The first-order valence-corrected chi connectivity index (χ1v) is 7.90. The van der Waals surface area contributed by atoms with Crippen molar-refractivity contribution < 1.29 is 22.0 Å². The topological polar surface area (TPSA) is 51.2 Å². The molecule has 0 unspecified atom stereocenters. The summed E-state index contributed by atoms with van der Waals surface area (Å²) in [5.41, 5.74) is -0.349. The number of rotatable bonds is 3. The summed E-state index contributed by atoms with van der Waals surface area (Å²) in [4.78, 5) is 12.2. The van der Waals surface area contributed by atoms with Gasteiger partial charge in [-0.3, -0.25) is 4.79 Å². The number of halogens is 2. The van der Waals surface area contributed by atoms with Gasteiger partial charge in [-0.25, -0.2) is 17.2 Å². The molecule has 0 aromatic heterocycles. The van der Waals surface area contributed by atoms with Crippen molar-refractivity contribution in [2.24, 2.45) is 0 Å². The second kappa shape index (κ2) is 5.37. The Bertz CT molecular complexity index is 827. The van der Waals surface area contributed by atoms with Gasteiger partial charge in [-0.05, 0) is 30.7 Å². The van der Waals surface area contributed by atoms with Crippen LogP contribution in [0.1, 0.15) is 21.5 Å². The maximum absolute atomic E-state index is 13.8. The zero-order chi connectivity index (χ0) is 15.8. The van der Waals surface area contributed by atoms with Gasteiger partial charge < -0.3 is 0 Å². The molecule has 0 aliphatic rings. The van der Waals surface area contributed by atoms with Crippen molar-refractivity contribution in [2.75, 3.05) is 6.26 Å². The predicted molar refractivity (Wildman–Crippen MR) is 74.1 cm³/mol. The molecule has 0 amide bonds. The van der Waals surface area contributed by atoms with Gasteiger partial charge in [0.25, 0.3) is 0 Å². The number of carbonyl (C=O) groups is 1. The molecule has 110 valence electrons. The van der Waals surface area contributed by atoms with Crippen LogP contribution in [0, 0.1) is 18.6 Å². The van der Waals surface area contributed by atoms with E-state index in [4.69, 9.17) is 0 Å². The van der Waals surface area contributed by atoms with Gasteiger partial charge in [-0.2, -0.15) is 0 Å². The summed E-state index contributed by atoms with van der Waals surface area (Å²) >= 11 is 0. The van der Waals surface area contributed by atoms with E-state index in [1.807, 2.05) is 0 Å². The number of carbonyl (C=O) groups excluding carboxylic acids is 1. The van der Waals surface area contributed by atoms with Crippen LogP contribution in [-0.4, -0.2) is 20.5 Å². The minimum Gasteiger partial charge on any atom is -0.288 e. The first-order chi connectivity index (χ1) is 9.71. The van der Waals surface area contributed by atoms with Gasteiger partial charge in [0, 0.05) is 11.8 Å². The fraction of sp³-hybridized carbons (Fsp3) is 0.133. The van der Waals surface area contributed by atoms with E-state index in [0.29, 0.717) is 0 Å². The van der Waals surface area contributed by atoms with E-state index < -0.39 is 32.8 Å². The minimum absolute atomic E-state index is 0.0138. The highest BCUT2D eigenvalue weighted by Crippen LogP contribution is 2.20. The second-order valence-electron chi connectivity index (χ2n) is 4.69. The summed E-state index contributed by atoms with van der Waals surface area (Å²) in [7, 11) is -3.49. The van der Waals surface area contributed by atoms with Crippen LogP contribution in [-0.2, 0) is 9.84 Å². The molecule has 0 bridgehead atoms. The van der Waals surface area contributed by atoms with Crippen molar-refractivity contribution in [1.82, 2.24) is 0 Å². The van der Waals surface area contributed by atoms with E-state index in [2.05, 4.69) is 0 Å². The quantitative estimate of drug-likeness (QED) is 0.819. The van der Waals surface area contributed by atoms with E-state index in [0.717, 1.165) is 12.3 Å². The lowest BCUT2D eigenvalue weighted by molar-refractivity contribution is 0.103. The molecule has 0 N–H and O–H groups in total. The SMILES string of the molecule is Cc1ccc(C(=O)c2cccc(S(C)(=O)=O)c2)c(F)c1F. The largest absolute Gasteiger partial charge is 0.288 e. The van der Waals surface area contributed by atoms with Gasteiger partial charge in [0.15, 0.2) is 27.3 Å². The Labute approximate surface area is 121 Å². The zero-order valence-corrected chi connectivity index (χ0v) is 12.2. The van der Waals surface area contributed by atoms with Crippen LogP contribution in [0.5, 0.6) is 0 Å². The molecule has 21 heavy (non-hydrogen) atoms. The first-order valence-electron chi connectivity index (χ1n) is 6.01. The van der Waals surface area contributed by atoms with Crippen LogP contribution < -0.4 is 0 Å². The highest BCUT2D eigenvalue weighted by Gasteiger charge is 2.19. The summed E-state index contributed by atoms with van der Waals surface area (Å²) in [6, 6.07) is 7.70. The van der Waals surface area contributed by atoms with Gasteiger partial charge in [0.2, 0.25) is 0 Å². The molecule has 2 rings (SSSR count). The third-order valence-electron chi connectivity index (χ3n) is 3.04. The Kier molecular flexibility index (Phi) is 3.91. The number of ketones is 1. The molecular formula is C15H12F2O3S. The maximum atomic E-state index is 13.8. The molecule has 3 nitrogen and oxygen atoms in total. The van der Waals surface area contributed by atoms with E-state index in [-0.39, 0.29) is 16.0 Å². The molecule has 0 saturated carbocycles. The van der Waals surface area contributed by atoms with Gasteiger partial charge in [-0.15, -0.1) is 0 Å². The Morgan fingerprint density at radius 3 is 2.33 bits per heavy atom. The highest BCUT2D eigenvalue weighted by atomic mass is 32.2. The average Bonchev–Trinajstić information content (AvgIpc) is 2.43. The van der Waals surface area contributed by atoms with E-state index in [1.165, 1.54) is 37.3 Å². The summed E-state index contributed by atoms with van der Waals surface area (Å²) in [5, 5.41) is 0. The van der Waals surface area contributed by atoms with Crippen molar-refractivity contribution in [3.05, 3.63) is 64.7 Å². The van der Waals surface area contributed by atoms with E-state index in [1.54, 1.807) is 0 Å². The molecule has 0 saturated heterocycles. The number of sulfone groups is 1. The van der Waals surface area contributed by atoms with Crippen molar-refractivity contribution in [3.8, 4) is 0 Å². The third-order valence-corrected chi connectivity index (χ3v) is 4.15. The van der Waals surface area contributed by atoms with Gasteiger partial charge in [0.05, 0.1) is 10.5 Å².